The normalized spacial score (nSPS) is 11.2. The second-order valence-corrected chi connectivity index (χ2v) is 8.01. The third-order valence-electron chi connectivity index (χ3n) is 3.60. The summed E-state index contributed by atoms with van der Waals surface area (Å²) < 4.78 is 30.8. The van der Waals surface area contributed by atoms with Gasteiger partial charge in [-0.15, -0.1) is 0 Å². The van der Waals surface area contributed by atoms with E-state index in [1.807, 2.05) is 6.92 Å². The van der Waals surface area contributed by atoms with E-state index in [0.717, 1.165) is 5.56 Å². The van der Waals surface area contributed by atoms with Crippen LogP contribution in [0.2, 0.25) is 0 Å². The van der Waals surface area contributed by atoms with Gasteiger partial charge in [-0.2, -0.15) is 8.42 Å². The van der Waals surface area contributed by atoms with Crippen LogP contribution in [0.4, 0.5) is 0 Å². The van der Waals surface area contributed by atoms with Crippen LogP contribution in [-0.4, -0.2) is 19.2 Å². The minimum atomic E-state index is -4.11. The first-order valence-electron chi connectivity index (χ1n) is 7.63. The standard InChI is InChI=1S/C19H14BrNO4S/c1-13-7-9-16(10-8-13)26(23,24)25-19-17(11-15(20)12-21-19)18(22)14-5-3-2-4-6-14/h2-12H,1H3. The van der Waals surface area contributed by atoms with Crippen molar-refractivity contribution >= 4 is 31.8 Å². The number of pyridine rings is 1. The second kappa shape index (κ2) is 7.39. The molecule has 3 aromatic rings. The number of carbonyl (C=O) groups excluding carboxylic acids is 1. The summed E-state index contributed by atoms with van der Waals surface area (Å²) in [5, 5.41) is 0. The van der Waals surface area contributed by atoms with Crippen LogP contribution in [0.5, 0.6) is 5.88 Å². The van der Waals surface area contributed by atoms with E-state index in [0.29, 0.717) is 10.0 Å². The van der Waals surface area contributed by atoms with Crippen LogP contribution in [-0.2, 0) is 10.1 Å². The van der Waals surface area contributed by atoms with Gasteiger partial charge < -0.3 is 4.18 Å². The van der Waals surface area contributed by atoms with Crippen molar-refractivity contribution in [3.05, 3.63) is 88.0 Å². The highest BCUT2D eigenvalue weighted by Crippen LogP contribution is 2.26. The summed E-state index contributed by atoms with van der Waals surface area (Å²) in [6.07, 6.45) is 1.38. The van der Waals surface area contributed by atoms with Crippen LogP contribution < -0.4 is 4.18 Å². The SMILES string of the molecule is Cc1ccc(S(=O)(=O)Oc2ncc(Br)cc2C(=O)c2ccccc2)cc1. The zero-order valence-corrected chi connectivity index (χ0v) is 16.1. The molecule has 132 valence electrons. The molecule has 0 fully saturated rings. The van der Waals surface area contributed by atoms with Crippen LogP contribution in [0.1, 0.15) is 21.5 Å². The Hall–Kier alpha value is -2.51. The maximum atomic E-state index is 12.8. The van der Waals surface area contributed by atoms with Crippen molar-refractivity contribution in [1.82, 2.24) is 4.98 Å². The molecule has 2 aromatic carbocycles. The molecule has 0 amide bonds. The van der Waals surface area contributed by atoms with Gasteiger partial charge >= 0.3 is 10.1 Å². The maximum absolute atomic E-state index is 12.8. The summed E-state index contributed by atoms with van der Waals surface area (Å²) in [5.41, 5.74) is 1.39. The van der Waals surface area contributed by atoms with Crippen molar-refractivity contribution in [2.75, 3.05) is 0 Å². The number of aromatic nitrogens is 1. The fourth-order valence-corrected chi connectivity index (χ4v) is 3.50. The van der Waals surface area contributed by atoms with Gasteiger partial charge in [-0.3, -0.25) is 4.79 Å². The Morgan fingerprint density at radius 2 is 1.69 bits per heavy atom. The Kier molecular flexibility index (Phi) is 5.20. The lowest BCUT2D eigenvalue weighted by molar-refractivity contribution is 0.103. The molecule has 7 heteroatoms. The van der Waals surface area contributed by atoms with Gasteiger partial charge in [0, 0.05) is 16.2 Å². The van der Waals surface area contributed by atoms with Gasteiger partial charge in [0.2, 0.25) is 5.88 Å². The molecule has 5 nitrogen and oxygen atoms in total. The molecule has 0 aliphatic rings. The summed E-state index contributed by atoms with van der Waals surface area (Å²) in [4.78, 5) is 16.7. The fourth-order valence-electron chi connectivity index (χ4n) is 2.26. The van der Waals surface area contributed by atoms with Gasteiger partial charge in [0.1, 0.15) is 4.90 Å². The zero-order valence-electron chi connectivity index (χ0n) is 13.7. The maximum Gasteiger partial charge on any atom is 0.340 e. The molecular weight excluding hydrogens is 418 g/mol. The molecular formula is C19H14BrNO4S. The number of nitrogens with zero attached hydrogens (tertiary/aromatic N) is 1. The molecule has 3 rings (SSSR count). The smallest absolute Gasteiger partial charge is 0.340 e. The average Bonchev–Trinajstić information content (AvgIpc) is 2.63. The molecule has 26 heavy (non-hydrogen) atoms. The van der Waals surface area contributed by atoms with Gasteiger partial charge in [-0.1, -0.05) is 48.0 Å². The van der Waals surface area contributed by atoms with Crippen molar-refractivity contribution < 1.29 is 17.4 Å². The summed E-state index contributed by atoms with van der Waals surface area (Å²) in [5.74, 6) is -0.642. The molecule has 0 aliphatic heterocycles. The molecule has 0 saturated carbocycles. The van der Waals surface area contributed by atoms with E-state index in [1.165, 1.54) is 24.4 Å². The Balaban J connectivity index is 2.01. The molecule has 1 heterocycles. The van der Waals surface area contributed by atoms with Crippen LogP contribution >= 0.6 is 15.9 Å². The lowest BCUT2D eigenvalue weighted by atomic mass is 10.0. The number of hydrogen-bond donors (Lipinski definition) is 0. The number of ketones is 1. The van der Waals surface area contributed by atoms with Crippen LogP contribution in [0, 0.1) is 6.92 Å². The Bertz CT molecular complexity index is 1050. The molecule has 0 N–H and O–H groups in total. The largest absolute Gasteiger partial charge is 0.357 e. The first kappa shape index (κ1) is 18.3. The van der Waals surface area contributed by atoms with E-state index >= 15 is 0 Å². The second-order valence-electron chi connectivity index (χ2n) is 5.55. The highest BCUT2D eigenvalue weighted by Gasteiger charge is 2.23. The quantitative estimate of drug-likeness (QED) is 0.448. The zero-order chi connectivity index (χ0) is 18.7. The minimum Gasteiger partial charge on any atom is -0.357 e. The first-order chi connectivity index (χ1) is 12.4. The molecule has 1 aromatic heterocycles. The predicted molar refractivity (Wildman–Crippen MR) is 101 cm³/mol. The Labute approximate surface area is 159 Å². The molecule has 0 bridgehead atoms. The number of carbonyl (C=O) groups is 1. The lowest BCUT2D eigenvalue weighted by Gasteiger charge is -2.10. The van der Waals surface area contributed by atoms with Crippen LogP contribution in [0.15, 0.2) is 76.2 Å². The van der Waals surface area contributed by atoms with Crippen molar-refractivity contribution in [3.63, 3.8) is 0 Å². The number of rotatable bonds is 5. The highest BCUT2D eigenvalue weighted by atomic mass is 79.9. The number of benzene rings is 2. The van der Waals surface area contributed by atoms with Crippen LogP contribution in [0.3, 0.4) is 0 Å². The molecule has 0 unspecified atom stereocenters. The molecule has 0 saturated heterocycles. The predicted octanol–water partition coefficient (Wildman–Crippen LogP) is 4.15. The van der Waals surface area contributed by atoms with E-state index in [4.69, 9.17) is 4.18 Å². The van der Waals surface area contributed by atoms with Crippen molar-refractivity contribution in [2.45, 2.75) is 11.8 Å². The van der Waals surface area contributed by atoms with Crippen molar-refractivity contribution in [2.24, 2.45) is 0 Å². The van der Waals surface area contributed by atoms with Crippen molar-refractivity contribution in [3.8, 4) is 5.88 Å². The van der Waals surface area contributed by atoms with Gasteiger partial charge in [-0.05, 0) is 41.1 Å². The highest BCUT2D eigenvalue weighted by molar-refractivity contribution is 9.10. The molecule has 0 aliphatic carbocycles. The molecule has 0 atom stereocenters. The molecule has 0 radical (unpaired) electrons. The third-order valence-corrected chi connectivity index (χ3v) is 5.26. The van der Waals surface area contributed by atoms with E-state index < -0.39 is 10.1 Å². The first-order valence-corrected chi connectivity index (χ1v) is 9.83. The summed E-state index contributed by atoms with van der Waals surface area (Å²) in [7, 11) is -4.11. The van der Waals surface area contributed by atoms with E-state index in [2.05, 4.69) is 20.9 Å². The van der Waals surface area contributed by atoms with E-state index in [9.17, 15) is 13.2 Å². The average molecular weight is 432 g/mol. The monoisotopic (exact) mass is 431 g/mol. The van der Waals surface area contributed by atoms with E-state index in [1.54, 1.807) is 42.5 Å². The summed E-state index contributed by atoms with van der Waals surface area (Å²) >= 11 is 3.25. The Morgan fingerprint density at radius 3 is 2.35 bits per heavy atom. The summed E-state index contributed by atoms with van der Waals surface area (Å²) in [6.45, 7) is 1.85. The fraction of sp³-hybridized carbons (Fsp3) is 0.0526. The topological polar surface area (TPSA) is 73.3 Å². The third kappa shape index (κ3) is 4.00. The van der Waals surface area contributed by atoms with Gasteiger partial charge in [0.25, 0.3) is 0 Å². The number of halogens is 1. The molecule has 0 spiro atoms. The van der Waals surface area contributed by atoms with Crippen molar-refractivity contribution in [1.29, 1.82) is 0 Å². The van der Waals surface area contributed by atoms with Gasteiger partial charge in [0.15, 0.2) is 5.78 Å². The summed E-state index contributed by atoms with van der Waals surface area (Å²) in [6, 6.07) is 16.2. The van der Waals surface area contributed by atoms with E-state index in [-0.39, 0.29) is 22.1 Å². The Morgan fingerprint density at radius 1 is 1.04 bits per heavy atom. The van der Waals surface area contributed by atoms with Gasteiger partial charge in [-0.25, -0.2) is 4.98 Å². The number of aryl methyl sites for hydroxylation is 1. The van der Waals surface area contributed by atoms with Crippen LogP contribution in [0.25, 0.3) is 0 Å². The number of hydrogen-bond acceptors (Lipinski definition) is 5. The lowest BCUT2D eigenvalue weighted by Crippen LogP contribution is -2.14. The minimum absolute atomic E-state index is 0.00840. The van der Waals surface area contributed by atoms with Gasteiger partial charge in [0.05, 0.1) is 5.56 Å².